The molecule has 0 radical (unpaired) electrons. The maximum absolute atomic E-state index is 12.1. The number of benzene rings is 1. The Balaban J connectivity index is 2.01. The Labute approximate surface area is 147 Å². The van der Waals surface area contributed by atoms with Crippen LogP contribution in [0.5, 0.6) is 0 Å². The van der Waals surface area contributed by atoms with Gasteiger partial charge in [0.05, 0.1) is 21.8 Å². The summed E-state index contributed by atoms with van der Waals surface area (Å²) in [5, 5.41) is 0.991. The predicted molar refractivity (Wildman–Crippen MR) is 93.8 cm³/mol. The highest BCUT2D eigenvalue weighted by atomic mass is 35.5. The van der Waals surface area contributed by atoms with E-state index in [2.05, 4.69) is 4.98 Å². The van der Waals surface area contributed by atoms with Gasteiger partial charge in [-0.15, -0.1) is 0 Å². The van der Waals surface area contributed by atoms with E-state index < -0.39 is 0 Å². The van der Waals surface area contributed by atoms with Crippen LogP contribution >= 0.6 is 34.5 Å². The van der Waals surface area contributed by atoms with Crippen molar-refractivity contribution in [1.29, 1.82) is 0 Å². The van der Waals surface area contributed by atoms with Crippen molar-refractivity contribution in [3.05, 3.63) is 45.0 Å². The van der Waals surface area contributed by atoms with Crippen molar-refractivity contribution >= 4 is 45.5 Å². The van der Waals surface area contributed by atoms with Gasteiger partial charge in [0, 0.05) is 17.5 Å². The zero-order valence-corrected chi connectivity index (χ0v) is 15.1. The Hall–Kier alpha value is -1.56. The van der Waals surface area contributed by atoms with E-state index in [1.54, 1.807) is 12.1 Å². The van der Waals surface area contributed by atoms with Crippen LogP contribution in [0.3, 0.4) is 0 Å². The molecule has 0 N–H and O–H groups in total. The number of fused-ring (bicyclic) bond motifs is 1. The molecule has 2 aromatic heterocycles. The molecule has 7 heteroatoms. The number of carbonyl (C=O) groups excluding carboxylic acids is 1. The Morgan fingerprint density at radius 1 is 1.30 bits per heavy atom. The Morgan fingerprint density at radius 2 is 2.04 bits per heavy atom. The maximum Gasteiger partial charge on any atom is 0.350 e. The molecule has 0 saturated heterocycles. The zero-order valence-electron chi connectivity index (χ0n) is 12.8. The minimum Gasteiger partial charge on any atom is -0.459 e. The smallest absolute Gasteiger partial charge is 0.350 e. The molecule has 0 aliphatic heterocycles. The molecule has 1 aromatic carbocycles. The van der Waals surface area contributed by atoms with Gasteiger partial charge >= 0.3 is 5.97 Å². The van der Waals surface area contributed by atoms with Gasteiger partial charge in [-0.2, -0.15) is 0 Å². The van der Waals surface area contributed by atoms with Crippen molar-refractivity contribution in [2.75, 3.05) is 0 Å². The standard InChI is InChI=1S/C16H14Cl2N2O2S/c1-8(2)22-15(21)14-9(3)20-7-13(19-16(20)23-14)10-4-5-11(17)12(18)6-10/h4-8H,1-3H3. The average Bonchev–Trinajstić information content (AvgIpc) is 3.01. The topological polar surface area (TPSA) is 43.6 Å². The van der Waals surface area contributed by atoms with Gasteiger partial charge < -0.3 is 4.74 Å². The molecule has 0 bridgehead atoms. The summed E-state index contributed by atoms with van der Waals surface area (Å²) in [4.78, 5) is 18.0. The lowest BCUT2D eigenvalue weighted by Gasteiger charge is -2.06. The first-order valence-corrected chi connectivity index (χ1v) is 8.59. The van der Waals surface area contributed by atoms with E-state index in [1.807, 2.05) is 37.4 Å². The first-order chi connectivity index (χ1) is 10.9. The Bertz CT molecular complexity index is 899. The highest BCUT2D eigenvalue weighted by Crippen LogP contribution is 2.31. The number of aromatic nitrogens is 2. The van der Waals surface area contributed by atoms with Crippen LogP contribution in [0.1, 0.15) is 29.2 Å². The zero-order chi connectivity index (χ0) is 16.7. The van der Waals surface area contributed by atoms with Crippen molar-refractivity contribution < 1.29 is 9.53 Å². The van der Waals surface area contributed by atoms with Gasteiger partial charge in [-0.25, -0.2) is 9.78 Å². The van der Waals surface area contributed by atoms with Crippen LogP contribution in [-0.4, -0.2) is 21.5 Å². The number of hydrogen-bond acceptors (Lipinski definition) is 4. The van der Waals surface area contributed by atoms with Gasteiger partial charge in [-0.05, 0) is 32.9 Å². The third-order valence-corrected chi connectivity index (χ3v) is 5.18. The van der Waals surface area contributed by atoms with Crippen LogP contribution in [-0.2, 0) is 4.74 Å². The molecule has 2 heterocycles. The molecule has 0 spiro atoms. The van der Waals surface area contributed by atoms with Crippen molar-refractivity contribution in [3.8, 4) is 11.3 Å². The van der Waals surface area contributed by atoms with Crippen molar-refractivity contribution in [2.24, 2.45) is 0 Å². The molecule has 23 heavy (non-hydrogen) atoms. The lowest BCUT2D eigenvalue weighted by Crippen LogP contribution is -2.11. The molecule has 0 amide bonds. The SMILES string of the molecule is Cc1c(C(=O)OC(C)C)sc2nc(-c3ccc(Cl)c(Cl)c3)cn12. The molecule has 0 fully saturated rings. The first-order valence-electron chi connectivity index (χ1n) is 7.01. The van der Waals surface area contributed by atoms with E-state index in [4.69, 9.17) is 27.9 Å². The number of aryl methyl sites for hydroxylation is 1. The van der Waals surface area contributed by atoms with Crippen LogP contribution in [0.4, 0.5) is 0 Å². The summed E-state index contributed by atoms with van der Waals surface area (Å²) in [6.45, 7) is 5.53. The molecule has 0 saturated carbocycles. The third kappa shape index (κ3) is 3.09. The molecule has 120 valence electrons. The molecule has 0 atom stereocenters. The summed E-state index contributed by atoms with van der Waals surface area (Å²) < 4.78 is 7.15. The molecule has 0 aliphatic rings. The fraction of sp³-hybridized carbons (Fsp3) is 0.250. The lowest BCUT2D eigenvalue weighted by molar-refractivity contribution is 0.0382. The molecule has 0 unspecified atom stereocenters. The van der Waals surface area contributed by atoms with E-state index in [0.717, 1.165) is 21.9 Å². The summed E-state index contributed by atoms with van der Waals surface area (Å²) in [5.41, 5.74) is 2.47. The predicted octanol–water partition coefficient (Wildman–Crippen LogP) is 5.24. The molecular formula is C16H14Cl2N2O2S. The van der Waals surface area contributed by atoms with Crippen molar-refractivity contribution in [1.82, 2.24) is 9.38 Å². The molecule has 0 aliphatic carbocycles. The summed E-state index contributed by atoms with van der Waals surface area (Å²) in [7, 11) is 0. The number of nitrogens with zero attached hydrogens (tertiary/aromatic N) is 2. The molecule has 3 rings (SSSR count). The highest BCUT2D eigenvalue weighted by Gasteiger charge is 2.20. The number of esters is 1. The number of imidazole rings is 1. The van der Waals surface area contributed by atoms with Crippen molar-refractivity contribution in [2.45, 2.75) is 26.9 Å². The van der Waals surface area contributed by atoms with Crippen LogP contribution in [0.2, 0.25) is 10.0 Å². The van der Waals surface area contributed by atoms with Crippen LogP contribution in [0, 0.1) is 6.92 Å². The van der Waals surface area contributed by atoms with E-state index in [-0.39, 0.29) is 12.1 Å². The number of carbonyl (C=O) groups is 1. The second-order valence-corrected chi connectivity index (χ2v) is 7.17. The summed E-state index contributed by atoms with van der Waals surface area (Å²) in [5.74, 6) is -0.316. The number of halogens is 2. The van der Waals surface area contributed by atoms with Crippen LogP contribution in [0.15, 0.2) is 24.4 Å². The fourth-order valence-corrected chi connectivity index (χ4v) is 3.49. The Morgan fingerprint density at radius 3 is 2.65 bits per heavy atom. The van der Waals surface area contributed by atoms with Crippen LogP contribution < -0.4 is 0 Å². The number of hydrogen-bond donors (Lipinski definition) is 0. The maximum atomic E-state index is 12.1. The Kier molecular flexibility index (Phi) is 4.36. The molecule has 4 nitrogen and oxygen atoms in total. The first kappa shape index (κ1) is 16.3. The van der Waals surface area contributed by atoms with Gasteiger partial charge in [0.25, 0.3) is 0 Å². The summed E-state index contributed by atoms with van der Waals surface area (Å²) in [6.07, 6.45) is 1.73. The summed E-state index contributed by atoms with van der Waals surface area (Å²) >= 11 is 13.3. The molecule has 3 aromatic rings. The average molecular weight is 369 g/mol. The normalized spacial score (nSPS) is 11.4. The number of rotatable bonds is 3. The van der Waals surface area contributed by atoms with Gasteiger partial charge in [0.15, 0.2) is 4.96 Å². The fourth-order valence-electron chi connectivity index (χ4n) is 2.20. The van der Waals surface area contributed by atoms with E-state index in [9.17, 15) is 4.79 Å². The quantitative estimate of drug-likeness (QED) is 0.593. The second kappa shape index (κ2) is 6.15. The summed E-state index contributed by atoms with van der Waals surface area (Å²) in [6, 6.07) is 5.38. The lowest BCUT2D eigenvalue weighted by atomic mass is 10.2. The highest BCUT2D eigenvalue weighted by molar-refractivity contribution is 7.19. The largest absolute Gasteiger partial charge is 0.459 e. The minimum atomic E-state index is -0.316. The number of ether oxygens (including phenoxy) is 1. The van der Waals surface area contributed by atoms with E-state index >= 15 is 0 Å². The van der Waals surface area contributed by atoms with Gasteiger partial charge in [0.1, 0.15) is 4.88 Å². The van der Waals surface area contributed by atoms with E-state index in [1.165, 1.54) is 11.3 Å². The van der Waals surface area contributed by atoms with Gasteiger partial charge in [0.2, 0.25) is 0 Å². The van der Waals surface area contributed by atoms with Crippen LogP contribution in [0.25, 0.3) is 16.2 Å². The molecular weight excluding hydrogens is 355 g/mol. The minimum absolute atomic E-state index is 0.150. The van der Waals surface area contributed by atoms with Gasteiger partial charge in [-0.1, -0.05) is 40.6 Å². The van der Waals surface area contributed by atoms with E-state index in [0.29, 0.717) is 14.9 Å². The third-order valence-electron chi connectivity index (χ3n) is 3.30. The second-order valence-electron chi connectivity index (χ2n) is 5.38. The van der Waals surface area contributed by atoms with Gasteiger partial charge in [-0.3, -0.25) is 4.40 Å². The monoisotopic (exact) mass is 368 g/mol. The van der Waals surface area contributed by atoms with Crippen molar-refractivity contribution in [3.63, 3.8) is 0 Å². The number of thiazole rings is 1.